The molecule has 2 fully saturated rings. The van der Waals surface area contributed by atoms with Gasteiger partial charge in [0.05, 0.1) is 14.2 Å². The number of hydrogen-bond acceptors (Lipinski definition) is 8. The molecule has 0 N–H and O–H groups in total. The zero-order chi connectivity index (χ0) is 40.2. The van der Waals surface area contributed by atoms with E-state index in [1.54, 1.807) is 63.3 Å². The van der Waals surface area contributed by atoms with E-state index in [4.69, 9.17) is 9.47 Å². The number of methoxy groups -OCH3 is 2. The van der Waals surface area contributed by atoms with Gasteiger partial charge in [0.1, 0.15) is 0 Å². The van der Waals surface area contributed by atoms with Crippen LogP contribution in [0.15, 0.2) is 61.2 Å². The zero-order valence-electron chi connectivity index (χ0n) is 33.9. The Morgan fingerprint density at radius 3 is 1.29 bits per heavy atom. The van der Waals surface area contributed by atoms with Gasteiger partial charge >= 0.3 is 0 Å². The minimum absolute atomic E-state index is 0.149. The van der Waals surface area contributed by atoms with Gasteiger partial charge in [-0.2, -0.15) is 8.78 Å². The van der Waals surface area contributed by atoms with Crippen LogP contribution in [0.3, 0.4) is 0 Å². The van der Waals surface area contributed by atoms with Gasteiger partial charge in [0.15, 0.2) is 11.6 Å². The van der Waals surface area contributed by atoms with Crippen molar-refractivity contribution in [1.82, 2.24) is 19.9 Å². The third kappa shape index (κ3) is 10.8. The average Bonchev–Trinajstić information content (AvgIpc) is 3.24. The summed E-state index contributed by atoms with van der Waals surface area (Å²) in [6.07, 6.45) is 18.0. The molecule has 2 aliphatic rings. The molecule has 0 amide bonds. The first-order valence-electron chi connectivity index (χ1n) is 20.3. The number of halogens is 2. The van der Waals surface area contributed by atoms with Crippen LogP contribution < -0.4 is 9.47 Å². The van der Waals surface area contributed by atoms with Crippen molar-refractivity contribution in [1.29, 1.82) is 0 Å². The van der Waals surface area contributed by atoms with E-state index in [0.717, 1.165) is 75.3 Å². The van der Waals surface area contributed by atoms with E-state index >= 15 is 0 Å². The van der Waals surface area contributed by atoms with Crippen molar-refractivity contribution in [3.05, 3.63) is 106 Å². The summed E-state index contributed by atoms with van der Waals surface area (Å²) in [5.41, 5.74) is 4.85. The highest BCUT2D eigenvalue weighted by Crippen LogP contribution is 2.43. The molecule has 0 bridgehead atoms. The Balaban J connectivity index is 0.000000214. The number of carbonyl (C=O) groups excluding carboxylic acids is 2. The zero-order valence-corrected chi connectivity index (χ0v) is 33.9. The normalized spacial score (nSPS) is 20.6. The summed E-state index contributed by atoms with van der Waals surface area (Å²) in [7, 11) is 3.13. The maximum atomic E-state index is 13.8. The van der Waals surface area contributed by atoms with Crippen LogP contribution >= 0.6 is 0 Å². The van der Waals surface area contributed by atoms with Crippen molar-refractivity contribution in [2.24, 2.45) is 23.7 Å². The SMILES string of the molecule is CC[C@@H](CC(=O)c1ccc(OC)nc1)C1CCC(c2ccnc(F)c2C)CC1.CC[C@H](CC(=O)c1ccc(OC)nc1)C1CCC(c2ccnc(F)c2C)CC1. The highest BCUT2D eigenvalue weighted by atomic mass is 19.1. The topological polar surface area (TPSA) is 104 Å². The van der Waals surface area contributed by atoms with Gasteiger partial charge in [-0.05, 0) is 136 Å². The summed E-state index contributed by atoms with van der Waals surface area (Å²) >= 11 is 0. The molecule has 0 radical (unpaired) electrons. The molecule has 10 heteroatoms. The van der Waals surface area contributed by atoms with E-state index in [1.165, 1.54) is 0 Å². The molecular formula is C46H58F2N4O4. The second kappa shape index (κ2) is 20.5. The van der Waals surface area contributed by atoms with Crippen LogP contribution in [0.5, 0.6) is 11.8 Å². The number of hydrogen-bond donors (Lipinski definition) is 0. The third-order valence-corrected chi connectivity index (χ3v) is 12.6. The largest absolute Gasteiger partial charge is 0.481 e. The Morgan fingerprint density at radius 2 is 0.982 bits per heavy atom. The number of pyridine rings is 4. The van der Waals surface area contributed by atoms with Crippen LogP contribution in [0.2, 0.25) is 0 Å². The number of aromatic nitrogens is 4. The maximum absolute atomic E-state index is 13.8. The van der Waals surface area contributed by atoms with Crippen molar-refractivity contribution in [3.63, 3.8) is 0 Å². The fourth-order valence-electron chi connectivity index (χ4n) is 9.07. The first-order valence-corrected chi connectivity index (χ1v) is 20.3. The van der Waals surface area contributed by atoms with Crippen LogP contribution in [-0.4, -0.2) is 45.7 Å². The lowest BCUT2D eigenvalue weighted by Gasteiger charge is -2.34. The third-order valence-electron chi connectivity index (χ3n) is 12.6. The first-order chi connectivity index (χ1) is 27.1. The summed E-state index contributed by atoms with van der Waals surface area (Å²) in [5, 5.41) is 0. The molecule has 0 saturated heterocycles. The van der Waals surface area contributed by atoms with E-state index in [9.17, 15) is 18.4 Å². The molecule has 0 aliphatic heterocycles. The molecule has 4 aromatic heterocycles. The summed E-state index contributed by atoms with van der Waals surface area (Å²) in [5.74, 6) is 3.26. The number of rotatable bonds is 14. The highest BCUT2D eigenvalue weighted by molar-refractivity contribution is 5.96. The van der Waals surface area contributed by atoms with Crippen molar-refractivity contribution in [2.45, 2.75) is 117 Å². The van der Waals surface area contributed by atoms with Gasteiger partial charge in [-0.25, -0.2) is 19.9 Å². The van der Waals surface area contributed by atoms with Crippen molar-refractivity contribution < 1.29 is 27.8 Å². The van der Waals surface area contributed by atoms with Gasteiger partial charge < -0.3 is 9.47 Å². The second-order valence-corrected chi connectivity index (χ2v) is 15.6. The van der Waals surface area contributed by atoms with Crippen LogP contribution in [-0.2, 0) is 0 Å². The van der Waals surface area contributed by atoms with E-state index in [2.05, 4.69) is 33.8 Å². The minimum atomic E-state index is -0.357. The summed E-state index contributed by atoms with van der Waals surface area (Å²) in [6.45, 7) is 7.97. The smallest absolute Gasteiger partial charge is 0.216 e. The van der Waals surface area contributed by atoms with Gasteiger partial charge in [-0.1, -0.05) is 26.7 Å². The monoisotopic (exact) mass is 768 g/mol. The second-order valence-electron chi connectivity index (χ2n) is 15.6. The molecule has 2 saturated carbocycles. The minimum Gasteiger partial charge on any atom is -0.481 e. The molecule has 56 heavy (non-hydrogen) atoms. The van der Waals surface area contributed by atoms with E-state index in [0.29, 0.717) is 82.4 Å². The van der Waals surface area contributed by atoms with Crippen LogP contribution in [0.1, 0.15) is 146 Å². The quantitative estimate of drug-likeness (QED) is 0.0922. The molecule has 2 aliphatic carbocycles. The molecular weight excluding hydrogens is 711 g/mol. The van der Waals surface area contributed by atoms with Gasteiger partial charge in [-0.3, -0.25) is 9.59 Å². The Bertz CT molecular complexity index is 1730. The molecule has 4 heterocycles. The molecule has 8 nitrogen and oxygen atoms in total. The lowest BCUT2D eigenvalue weighted by atomic mass is 9.71. The maximum Gasteiger partial charge on any atom is 0.216 e. The van der Waals surface area contributed by atoms with Crippen molar-refractivity contribution in [3.8, 4) is 11.8 Å². The van der Waals surface area contributed by atoms with E-state index in [1.807, 2.05) is 26.0 Å². The standard InChI is InChI=1S/2C23H29FN2O2/c2*1-4-16(13-21(27)19-9-10-22(28-3)26-14-19)17-5-7-18(8-6-17)20-11-12-25-23(24)15(20)2/h2*9-12,14,16-18H,4-8,13H2,1-3H3/t2*16-,17?,18?/m10/s1. The van der Waals surface area contributed by atoms with Crippen LogP contribution in [0.25, 0.3) is 0 Å². The number of ether oxygens (including phenoxy) is 2. The summed E-state index contributed by atoms with van der Waals surface area (Å²) < 4.78 is 37.7. The molecule has 0 aromatic carbocycles. The number of ketones is 2. The van der Waals surface area contributed by atoms with Crippen molar-refractivity contribution >= 4 is 11.6 Å². The number of carbonyl (C=O) groups is 2. The van der Waals surface area contributed by atoms with Gasteiger partial charge in [0.2, 0.25) is 23.7 Å². The van der Waals surface area contributed by atoms with Gasteiger partial charge in [0, 0.05) is 72.0 Å². The van der Waals surface area contributed by atoms with Crippen molar-refractivity contribution in [2.75, 3.05) is 14.2 Å². The molecule has 0 unspecified atom stereocenters. The highest BCUT2D eigenvalue weighted by Gasteiger charge is 2.31. The fraction of sp³-hybridized carbons (Fsp3) is 0.522. The predicted molar refractivity (Wildman–Crippen MR) is 214 cm³/mol. The Kier molecular flexibility index (Phi) is 15.6. The lowest BCUT2D eigenvalue weighted by molar-refractivity contribution is 0.0917. The average molecular weight is 769 g/mol. The Morgan fingerprint density at radius 1 is 0.607 bits per heavy atom. The molecule has 6 rings (SSSR count). The summed E-state index contributed by atoms with van der Waals surface area (Å²) in [4.78, 5) is 41.2. The van der Waals surface area contributed by atoms with E-state index in [-0.39, 0.29) is 23.5 Å². The molecule has 4 aromatic rings. The van der Waals surface area contributed by atoms with Crippen LogP contribution in [0.4, 0.5) is 8.78 Å². The number of Topliss-reactive ketones (excluding diaryl/α,β-unsaturated/α-hetero) is 2. The Labute approximate surface area is 331 Å². The lowest BCUT2D eigenvalue weighted by Crippen LogP contribution is -2.23. The molecule has 2 atom stereocenters. The fourth-order valence-corrected chi connectivity index (χ4v) is 9.07. The summed E-state index contributed by atoms with van der Waals surface area (Å²) in [6, 6.07) is 11.0. The predicted octanol–water partition coefficient (Wildman–Crippen LogP) is 11.0. The Hall–Kier alpha value is -4.60. The van der Waals surface area contributed by atoms with E-state index < -0.39 is 0 Å². The van der Waals surface area contributed by atoms with Gasteiger partial charge in [-0.15, -0.1) is 0 Å². The first kappa shape index (κ1) is 42.5. The molecule has 0 spiro atoms. The van der Waals surface area contributed by atoms with Gasteiger partial charge in [0.25, 0.3) is 0 Å². The molecule has 300 valence electrons. The van der Waals surface area contributed by atoms with Crippen LogP contribution in [0, 0.1) is 49.4 Å². The number of nitrogens with zero attached hydrogens (tertiary/aromatic N) is 4.